The van der Waals surface area contributed by atoms with Crippen LogP contribution in [-0.2, 0) is 16.0 Å². The highest BCUT2D eigenvalue weighted by Gasteiger charge is 2.20. The predicted octanol–water partition coefficient (Wildman–Crippen LogP) is 2.35. The van der Waals surface area contributed by atoms with E-state index in [0.717, 1.165) is 11.6 Å². The van der Waals surface area contributed by atoms with Crippen LogP contribution in [0.4, 0.5) is 0 Å². The van der Waals surface area contributed by atoms with Gasteiger partial charge in [0.05, 0.1) is 0 Å². The fourth-order valence-electron chi connectivity index (χ4n) is 1.86. The van der Waals surface area contributed by atoms with Gasteiger partial charge in [0.15, 0.2) is 0 Å². The van der Waals surface area contributed by atoms with Gasteiger partial charge in [0.25, 0.3) is 0 Å². The van der Waals surface area contributed by atoms with Gasteiger partial charge in [-0.3, -0.25) is 0 Å². The molecule has 1 aromatic carbocycles. The molecule has 0 aliphatic carbocycles. The lowest BCUT2D eigenvalue weighted by molar-refractivity contribution is -0.135. The number of carbonyl (C=O) groups is 2. The summed E-state index contributed by atoms with van der Waals surface area (Å²) >= 11 is 0. The lowest BCUT2D eigenvalue weighted by Gasteiger charge is -2.15. The summed E-state index contributed by atoms with van der Waals surface area (Å²) in [7, 11) is 0. The minimum atomic E-state index is -1.22. The normalized spacial score (nSPS) is 13.1. The number of benzene rings is 1. The van der Waals surface area contributed by atoms with Gasteiger partial charge in [-0.15, -0.1) is 0 Å². The van der Waals surface area contributed by atoms with E-state index in [4.69, 9.17) is 10.2 Å². The summed E-state index contributed by atoms with van der Waals surface area (Å²) in [5.41, 5.74) is 0.954. The molecule has 4 heteroatoms. The van der Waals surface area contributed by atoms with E-state index in [-0.39, 0.29) is 11.5 Å². The Morgan fingerprint density at radius 2 is 1.83 bits per heavy atom. The molecular formula is C14H16O4. The molecule has 0 aliphatic heterocycles. The topological polar surface area (TPSA) is 74.6 Å². The third-order valence-electron chi connectivity index (χ3n) is 2.78. The number of carboxylic acids is 2. The van der Waals surface area contributed by atoms with Crippen LogP contribution in [0.15, 0.2) is 42.0 Å². The molecule has 1 unspecified atom stereocenters. The molecule has 0 saturated heterocycles. The Bertz CT molecular complexity index is 448. The molecule has 1 aromatic rings. The Morgan fingerprint density at radius 3 is 2.28 bits per heavy atom. The summed E-state index contributed by atoms with van der Waals surface area (Å²) in [5, 5.41) is 17.8. The van der Waals surface area contributed by atoms with Gasteiger partial charge in [-0.1, -0.05) is 37.3 Å². The fraction of sp³-hybridized carbons (Fsp3) is 0.286. The molecular weight excluding hydrogens is 232 g/mol. The monoisotopic (exact) mass is 248 g/mol. The van der Waals surface area contributed by atoms with Crippen molar-refractivity contribution in [3.05, 3.63) is 47.5 Å². The first-order valence-electron chi connectivity index (χ1n) is 5.76. The first-order chi connectivity index (χ1) is 8.54. The summed E-state index contributed by atoms with van der Waals surface area (Å²) in [6.07, 6.45) is 1.91. The van der Waals surface area contributed by atoms with Gasteiger partial charge in [-0.05, 0) is 24.3 Å². The smallest absolute Gasteiger partial charge is 0.332 e. The van der Waals surface area contributed by atoms with Crippen molar-refractivity contribution >= 4 is 11.9 Å². The second kappa shape index (κ2) is 6.59. The van der Waals surface area contributed by atoms with Crippen molar-refractivity contribution in [2.75, 3.05) is 0 Å². The summed E-state index contributed by atoms with van der Waals surface area (Å²) < 4.78 is 0. The van der Waals surface area contributed by atoms with E-state index in [2.05, 4.69) is 0 Å². The molecule has 1 rings (SSSR count). The van der Waals surface area contributed by atoms with Crippen molar-refractivity contribution in [1.82, 2.24) is 0 Å². The fourth-order valence-corrected chi connectivity index (χ4v) is 1.86. The molecule has 0 heterocycles. The quantitative estimate of drug-likeness (QED) is 0.758. The molecule has 0 amide bonds. The molecule has 18 heavy (non-hydrogen) atoms. The Hall–Kier alpha value is -2.10. The molecule has 96 valence electrons. The molecule has 1 atom stereocenters. The lowest BCUT2D eigenvalue weighted by Crippen LogP contribution is -2.16. The third kappa shape index (κ3) is 4.05. The minimum Gasteiger partial charge on any atom is -0.478 e. The zero-order valence-electron chi connectivity index (χ0n) is 10.2. The van der Waals surface area contributed by atoms with Gasteiger partial charge in [0.1, 0.15) is 0 Å². The van der Waals surface area contributed by atoms with Crippen LogP contribution in [0.2, 0.25) is 0 Å². The average Bonchev–Trinajstić information content (AvgIpc) is 2.34. The van der Waals surface area contributed by atoms with Crippen LogP contribution in [0.5, 0.6) is 0 Å². The molecule has 0 fully saturated rings. The van der Waals surface area contributed by atoms with E-state index in [1.165, 1.54) is 0 Å². The Morgan fingerprint density at radius 1 is 1.22 bits per heavy atom. The van der Waals surface area contributed by atoms with Crippen LogP contribution in [0.3, 0.4) is 0 Å². The molecule has 0 spiro atoms. The molecule has 0 bridgehead atoms. The molecule has 2 N–H and O–H groups in total. The Kier molecular flexibility index (Phi) is 5.11. The molecule has 4 nitrogen and oxygen atoms in total. The van der Waals surface area contributed by atoms with Crippen LogP contribution in [-0.4, -0.2) is 22.2 Å². The highest BCUT2D eigenvalue weighted by Crippen LogP contribution is 2.21. The maximum atomic E-state index is 11.1. The zero-order chi connectivity index (χ0) is 13.5. The summed E-state index contributed by atoms with van der Waals surface area (Å²) in [6.45, 7) is 1.85. The van der Waals surface area contributed by atoms with Crippen molar-refractivity contribution in [2.24, 2.45) is 5.92 Å². The Balaban J connectivity index is 2.94. The standard InChI is InChI=1S/C14H16O4/c1-2-11(8-10-6-4-3-5-7-10)12(14(17)18)9-13(15)16/h3-7,9,11H,2,8H2,1H3,(H,15,16)(H,17,18). The first-order valence-corrected chi connectivity index (χ1v) is 5.76. The van der Waals surface area contributed by atoms with E-state index in [0.29, 0.717) is 12.8 Å². The van der Waals surface area contributed by atoms with E-state index >= 15 is 0 Å². The van der Waals surface area contributed by atoms with Crippen LogP contribution in [0.25, 0.3) is 0 Å². The van der Waals surface area contributed by atoms with Crippen LogP contribution in [0, 0.1) is 5.92 Å². The number of hydrogen-bond donors (Lipinski definition) is 2. The van der Waals surface area contributed by atoms with Gasteiger partial charge in [-0.2, -0.15) is 0 Å². The van der Waals surface area contributed by atoms with Crippen LogP contribution in [0.1, 0.15) is 18.9 Å². The minimum absolute atomic E-state index is 0.0474. The largest absolute Gasteiger partial charge is 0.478 e. The summed E-state index contributed by atoms with van der Waals surface area (Å²) in [4.78, 5) is 21.7. The number of hydrogen-bond acceptors (Lipinski definition) is 2. The van der Waals surface area contributed by atoms with Gasteiger partial charge < -0.3 is 10.2 Å². The van der Waals surface area contributed by atoms with Crippen molar-refractivity contribution in [1.29, 1.82) is 0 Å². The molecule has 0 aliphatic rings. The van der Waals surface area contributed by atoms with E-state index < -0.39 is 11.9 Å². The van der Waals surface area contributed by atoms with Crippen molar-refractivity contribution < 1.29 is 19.8 Å². The molecule has 0 saturated carbocycles. The maximum Gasteiger partial charge on any atom is 0.332 e. The summed E-state index contributed by atoms with van der Waals surface area (Å²) in [6, 6.07) is 9.45. The lowest BCUT2D eigenvalue weighted by atomic mass is 9.89. The SMILES string of the molecule is CCC(Cc1ccccc1)C(=CC(=O)O)C(=O)O. The van der Waals surface area contributed by atoms with E-state index in [1.807, 2.05) is 37.3 Å². The van der Waals surface area contributed by atoms with Gasteiger partial charge in [0, 0.05) is 11.6 Å². The number of rotatable bonds is 6. The first kappa shape index (κ1) is 14.0. The zero-order valence-corrected chi connectivity index (χ0v) is 10.2. The number of aliphatic carboxylic acids is 2. The molecule has 0 radical (unpaired) electrons. The highest BCUT2D eigenvalue weighted by molar-refractivity contribution is 5.95. The predicted molar refractivity (Wildman–Crippen MR) is 67.3 cm³/mol. The van der Waals surface area contributed by atoms with Crippen LogP contribution >= 0.6 is 0 Å². The van der Waals surface area contributed by atoms with E-state index in [9.17, 15) is 9.59 Å². The second-order valence-electron chi connectivity index (χ2n) is 4.04. The van der Waals surface area contributed by atoms with Crippen molar-refractivity contribution in [3.63, 3.8) is 0 Å². The second-order valence-corrected chi connectivity index (χ2v) is 4.04. The Labute approximate surface area is 106 Å². The van der Waals surface area contributed by atoms with Crippen molar-refractivity contribution in [3.8, 4) is 0 Å². The van der Waals surface area contributed by atoms with Gasteiger partial charge in [-0.25, -0.2) is 9.59 Å². The summed E-state index contributed by atoms with van der Waals surface area (Å²) in [5.74, 6) is -2.68. The highest BCUT2D eigenvalue weighted by atomic mass is 16.4. The van der Waals surface area contributed by atoms with Crippen LogP contribution < -0.4 is 0 Å². The van der Waals surface area contributed by atoms with E-state index in [1.54, 1.807) is 0 Å². The number of carboxylic acid groups (broad SMARTS) is 2. The maximum absolute atomic E-state index is 11.1. The molecule has 0 aromatic heterocycles. The van der Waals surface area contributed by atoms with Crippen molar-refractivity contribution in [2.45, 2.75) is 19.8 Å². The van der Waals surface area contributed by atoms with Gasteiger partial charge >= 0.3 is 11.9 Å². The average molecular weight is 248 g/mol. The third-order valence-corrected chi connectivity index (χ3v) is 2.78. The van der Waals surface area contributed by atoms with Gasteiger partial charge in [0.2, 0.25) is 0 Å².